The summed E-state index contributed by atoms with van der Waals surface area (Å²) in [6, 6.07) is 9.36. The van der Waals surface area contributed by atoms with Gasteiger partial charge in [-0.25, -0.2) is 0 Å². The number of ether oxygens (including phenoxy) is 1. The number of nitrogens with zero attached hydrogens (tertiary/aromatic N) is 2. The SMILES string of the molecule is CN=C(NCCC1=CCOCC1)NC1CCN(Cc2cccc(C)c2)CC1.I. The van der Waals surface area contributed by atoms with E-state index in [0.717, 1.165) is 71.0 Å². The Morgan fingerprint density at radius 2 is 2.11 bits per heavy atom. The maximum atomic E-state index is 5.36. The zero-order chi connectivity index (χ0) is 18.9. The molecule has 0 unspecified atom stereocenters. The summed E-state index contributed by atoms with van der Waals surface area (Å²) in [6.07, 6.45) is 6.67. The first-order valence-electron chi connectivity index (χ1n) is 10.2. The average molecular weight is 498 g/mol. The predicted octanol–water partition coefficient (Wildman–Crippen LogP) is 3.48. The number of nitrogens with one attached hydrogen (secondary N) is 2. The Labute approximate surface area is 187 Å². The smallest absolute Gasteiger partial charge is 0.191 e. The monoisotopic (exact) mass is 498 g/mol. The molecule has 0 spiro atoms. The highest BCUT2D eigenvalue weighted by atomic mass is 127. The van der Waals surface area contributed by atoms with Gasteiger partial charge in [-0.2, -0.15) is 0 Å². The predicted molar refractivity (Wildman–Crippen MR) is 128 cm³/mol. The highest BCUT2D eigenvalue weighted by Crippen LogP contribution is 2.15. The van der Waals surface area contributed by atoms with Crippen molar-refractivity contribution in [3.8, 4) is 0 Å². The molecule has 1 fully saturated rings. The lowest BCUT2D eigenvalue weighted by Crippen LogP contribution is -2.48. The standard InChI is InChI=1S/C22H34N4O.HI/c1-18-4-3-5-20(16-18)17-26-12-7-21(8-13-26)25-22(23-2)24-11-6-19-9-14-27-15-10-19;/h3-5,9,16,21H,6-8,10-15,17H2,1-2H3,(H2,23,24,25);1H. The second-order valence-corrected chi connectivity index (χ2v) is 7.62. The Bertz CT molecular complexity index is 654. The number of hydrogen-bond acceptors (Lipinski definition) is 3. The first-order valence-corrected chi connectivity index (χ1v) is 10.2. The molecule has 0 aromatic heterocycles. The van der Waals surface area contributed by atoms with Crippen LogP contribution in [0.25, 0.3) is 0 Å². The second-order valence-electron chi connectivity index (χ2n) is 7.62. The molecule has 3 rings (SSSR count). The van der Waals surface area contributed by atoms with E-state index in [2.05, 4.69) is 57.8 Å². The molecule has 5 nitrogen and oxygen atoms in total. The molecule has 6 heteroatoms. The quantitative estimate of drug-likeness (QED) is 0.273. The number of benzene rings is 1. The summed E-state index contributed by atoms with van der Waals surface area (Å²) < 4.78 is 5.36. The van der Waals surface area contributed by atoms with E-state index in [1.165, 1.54) is 16.7 Å². The molecule has 0 radical (unpaired) electrons. The molecule has 28 heavy (non-hydrogen) atoms. The van der Waals surface area contributed by atoms with Gasteiger partial charge in [0, 0.05) is 39.3 Å². The van der Waals surface area contributed by atoms with Crippen molar-refractivity contribution in [3.63, 3.8) is 0 Å². The zero-order valence-corrected chi connectivity index (χ0v) is 19.6. The molecule has 0 aliphatic carbocycles. The normalized spacial score (nSPS) is 18.9. The van der Waals surface area contributed by atoms with Gasteiger partial charge in [-0.05, 0) is 38.2 Å². The first kappa shape index (κ1) is 23.2. The topological polar surface area (TPSA) is 48.9 Å². The summed E-state index contributed by atoms with van der Waals surface area (Å²) in [5, 5.41) is 7.07. The lowest BCUT2D eigenvalue weighted by atomic mass is 10.0. The minimum Gasteiger partial charge on any atom is -0.377 e. The number of likely N-dealkylation sites (tertiary alicyclic amines) is 1. The molecule has 0 amide bonds. The Hall–Kier alpha value is -1.12. The number of aliphatic imine (C=N–C) groups is 1. The Morgan fingerprint density at radius 3 is 2.79 bits per heavy atom. The van der Waals surface area contributed by atoms with Crippen molar-refractivity contribution in [1.29, 1.82) is 0 Å². The van der Waals surface area contributed by atoms with E-state index in [9.17, 15) is 0 Å². The van der Waals surface area contributed by atoms with Crippen LogP contribution in [0.4, 0.5) is 0 Å². The first-order chi connectivity index (χ1) is 13.2. The fraction of sp³-hybridized carbons (Fsp3) is 0.591. The average Bonchev–Trinajstić information content (AvgIpc) is 2.69. The van der Waals surface area contributed by atoms with Crippen LogP contribution in [0, 0.1) is 6.92 Å². The van der Waals surface area contributed by atoms with Gasteiger partial charge in [-0.15, -0.1) is 24.0 Å². The molecule has 1 aromatic carbocycles. The van der Waals surface area contributed by atoms with Crippen LogP contribution in [0.5, 0.6) is 0 Å². The highest BCUT2D eigenvalue weighted by Gasteiger charge is 2.20. The van der Waals surface area contributed by atoms with Gasteiger partial charge < -0.3 is 15.4 Å². The van der Waals surface area contributed by atoms with Crippen LogP contribution >= 0.6 is 24.0 Å². The molecular weight excluding hydrogens is 463 g/mol. The van der Waals surface area contributed by atoms with Crippen LogP contribution in [0.3, 0.4) is 0 Å². The molecule has 0 atom stereocenters. The molecule has 156 valence electrons. The Kier molecular flexibility index (Phi) is 10.3. The van der Waals surface area contributed by atoms with E-state index in [0.29, 0.717) is 6.04 Å². The number of rotatable bonds is 6. The Balaban J connectivity index is 0.00000280. The maximum Gasteiger partial charge on any atom is 0.191 e. The summed E-state index contributed by atoms with van der Waals surface area (Å²) >= 11 is 0. The maximum absolute atomic E-state index is 5.36. The summed E-state index contributed by atoms with van der Waals surface area (Å²) in [5.74, 6) is 0.930. The molecular formula is C22H35IN4O. The van der Waals surface area contributed by atoms with Gasteiger partial charge in [-0.3, -0.25) is 9.89 Å². The minimum atomic E-state index is 0. The molecule has 2 heterocycles. The molecule has 1 saturated heterocycles. The van der Waals surface area contributed by atoms with Crippen LogP contribution < -0.4 is 10.6 Å². The largest absolute Gasteiger partial charge is 0.377 e. The third-order valence-corrected chi connectivity index (χ3v) is 5.44. The molecule has 0 bridgehead atoms. The van der Waals surface area contributed by atoms with Crippen molar-refractivity contribution >= 4 is 29.9 Å². The van der Waals surface area contributed by atoms with Gasteiger partial charge in [0.25, 0.3) is 0 Å². The third-order valence-electron chi connectivity index (χ3n) is 5.44. The second kappa shape index (κ2) is 12.4. The summed E-state index contributed by atoms with van der Waals surface area (Å²) in [7, 11) is 1.86. The third kappa shape index (κ3) is 7.72. The van der Waals surface area contributed by atoms with Crippen LogP contribution in [0.2, 0.25) is 0 Å². The van der Waals surface area contributed by atoms with Crippen molar-refractivity contribution in [3.05, 3.63) is 47.0 Å². The van der Waals surface area contributed by atoms with Gasteiger partial charge in [0.2, 0.25) is 0 Å². The van der Waals surface area contributed by atoms with Crippen LogP contribution in [-0.4, -0.2) is 56.8 Å². The fourth-order valence-corrected chi connectivity index (χ4v) is 3.83. The lowest BCUT2D eigenvalue weighted by molar-refractivity contribution is 0.153. The van der Waals surface area contributed by atoms with Gasteiger partial charge >= 0.3 is 0 Å². The number of hydrogen-bond donors (Lipinski definition) is 2. The van der Waals surface area contributed by atoms with E-state index < -0.39 is 0 Å². The van der Waals surface area contributed by atoms with Gasteiger partial charge in [-0.1, -0.05) is 41.5 Å². The minimum absolute atomic E-state index is 0. The van der Waals surface area contributed by atoms with E-state index in [1.807, 2.05) is 7.05 Å². The van der Waals surface area contributed by atoms with Crippen molar-refractivity contribution in [2.24, 2.45) is 4.99 Å². The van der Waals surface area contributed by atoms with E-state index in [1.54, 1.807) is 0 Å². The van der Waals surface area contributed by atoms with Crippen molar-refractivity contribution < 1.29 is 4.74 Å². The zero-order valence-electron chi connectivity index (χ0n) is 17.2. The van der Waals surface area contributed by atoms with Crippen LogP contribution in [0.15, 0.2) is 40.9 Å². The van der Waals surface area contributed by atoms with E-state index >= 15 is 0 Å². The number of aryl methyl sites for hydroxylation is 1. The van der Waals surface area contributed by atoms with Crippen molar-refractivity contribution in [2.45, 2.75) is 45.2 Å². The molecule has 0 saturated carbocycles. The van der Waals surface area contributed by atoms with E-state index in [-0.39, 0.29) is 24.0 Å². The van der Waals surface area contributed by atoms with Gasteiger partial charge in [0.15, 0.2) is 5.96 Å². The van der Waals surface area contributed by atoms with E-state index in [4.69, 9.17) is 4.74 Å². The Morgan fingerprint density at radius 1 is 1.29 bits per heavy atom. The van der Waals surface area contributed by atoms with Crippen molar-refractivity contribution in [1.82, 2.24) is 15.5 Å². The number of halogens is 1. The number of guanidine groups is 1. The van der Waals surface area contributed by atoms with Gasteiger partial charge in [0.1, 0.15) is 0 Å². The summed E-state index contributed by atoms with van der Waals surface area (Å²) in [4.78, 5) is 6.95. The molecule has 1 aromatic rings. The summed E-state index contributed by atoms with van der Waals surface area (Å²) in [6.45, 7) is 8.04. The fourth-order valence-electron chi connectivity index (χ4n) is 3.83. The number of piperidine rings is 1. The molecule has 2 aliphatic rings. The lowest BCUT2D eigenvalue weighted by Gasteiger charge is -2.33. The summed E-state index contributed by atoms with van der Waals surface area (Å²) in [5.41, 5.74) is 4.26. The van der Waals surface area contributed by atoms with Crippen LogP contribution in [0.1, 0.15) is 36.8 Å². The van der Waals surface area contributed by atoms with Crippen LogP contribution in [-0.2, 0) is 11.3 Å². The van der Waals surface area contributed by atoms with Crippen molar-refractivity contribution in [2.75, 3.05) is 39.9 Å². The highest BCUT2D eigenvalue weighted by molar-refractivity contribution is 14.0. The molecule has 2 N–H and O–H groups in total. The van der Waals surface area contributed by atoms with Gasteiger partial charge in [0.05, 0.1) is 13.2 Å². The molecule has 2 aliphatic heterocycles.